The van der Waals surface area contributed by atoms with E-state index in [1.54, 1.807) is 36.7 Å². The number of nitrogens with one attached hydrogen (secondary N) is 1. The van der Waals surface area contributed by atoms with E-state index in [-0.39, 0.29) is 5.56 Å². The minimum atomic E-state index is -2.52. The first-order valence-electron chi connectivity index (χ1n) is 6.89. The van der Waals surface area contributed by atoms with E-state index in [1.165, 1.54) is 6.20 Å². The molecule has 0 unspecified atom stereocenters. The van der Waals surface area contributed by atoms with Crippen molar-refractivity contribution in [2.75, 3.05) is 5.32 Å². The minimum Gasteiger partial charge on any atom is -0.320 e. The second-order valence-electron chi connectivity index (χ2n) is 5.07. The van der Waals surface area contributed by atoms with E-state index < -0.39 is 18.9 Å². The summed E-state index contributed by atoms with van der Waals surface area (Å²) in [5, 5.41) is 10.8. The topological polar surface area (TPSA) is 77.1 Å². The van der Waals surface area contributed by atoms with Gasteiger partial charge < -0.3 is 5.32 Å². The molecule has 0 aliphatic rings. The van der Waals surface area contributed by atoms with E-state index in [9.17, 15) is 13.6 Å². The van der Waals surface area contributed by atoms with E-state index in [4.69, 9.17) is 0 Å². The van der Waals surface area contributed by atoms with Crippen LogP contribution < -0.4 is 5.32 Å². The predicted octanol–water partition coefficient (Wildman–Crippen LogP) is 2.06. The fourth-order valence-corrected chi connectivity index (χ4v) is 2.24. The molecule has 7 nitrogen and oxygen atoms in total. The van der Waals surface area contributed by atoms with Crippen molar-refractivity contribution in [3.05, 3.63) is 41.6 Å². The van der Waals surface area contributed by atoms with E-state index in [0.717, 1.165) is 4.68 Å². The standard InChI is InChI=1S/C14H14F2N6O/c1-8-11(6-21(19-8)7-12(15)16)14(23)18-10-3-4-13-17-9(2)20-22(13)5-10/h3-6,12H,7H2,1-2H3,(H,18,23). The van der Waals surface area contributed by atoms with Crippen molar-refractivity contribution in [2.45, 2.75) is 26.8 Å². The molecule has 0 spiro atoms. The molecule has 0 fully saturated rings. The molecule has 23 heavy (non-hydrogen) atoms. The number of hydrogen-bond acceptors (Lipinski definition) is 4. The summed E-state index contributed by atoms with van der Waals surface area (Å²) in [7, 11) is 0. The van der Waals surface area contributed by atoms with Gasteiger partial charge in [0.25, 0.3) is 12.3 Å². The quantitative estimate of drug-likeness (QED) is 0.798. The highest BCUT2D eigenvalue weighted by molar-refractivity contribution is 6.04. The zero-order valence-corrected chi connectivity index (χ0v) is 12.5. The predicted molar refractivity (Wildman–Crippen MR) is 78.6 cm³/mol. The molecule has 120 valence electrons. The van der Waals surface area contributed by atoms with Crippen LogP contribution in [0.4, 0.5) is 14.5 Å². The Hall–Kier alpha value is -2.84. The number of hydrogen-bond donors (Lipinski definition) is 1. The zero-order chi connectivity index (χ0) is 16.6. The first-order valence-corrected chi connectivity index (χ1v) is 6.89. The second-order valence-corrected chi connectivity index (χ2v) is 5.07. The molecular formula is C14H14F2N6O. The number of aromatic nitrogens is 5. The number of pyridine rings is 1. The van der Waals surface area contributed by atoms with Gasteiger partial charge in [-0.05, 0) is 26.0 Å². The third-order valence-corrected chi connectivity index (χ3v) is 3.21. The van der Waals surface area contributed by atoms with Gasteiger partial charge in [-0.2, -0.15) is 10.2 Å². The van der Waals surface area contributed by atoms with Crippen molar-refractivity contribution < 1.29 is 13.6 Å². The molecule has 0 aliphatic heterocycles. The number of alkyl halides is 2. The number of carbonyl (C=O) groups is 1. The Morgan fingerprint density at radius 2 is 2.04 bits per heavy atom. The first kappa shape index (κ1) is 15.1. The lowest BCUT2D eigenvalue weighted by atomic mass is 10.2. The summed E-state index contributed by atoms with van der Waals surface area (Å²) in [6.45, 7) is 2.82. The average molecular weight is 320 g/mol. The van der Waals surface area contributed by atoms with Crippen LogP contribution in [0.25, 0.3) is 5.65 Å². The fourth-order valence-electron chi connectivity index (χ4n) is 2.24. The van der Waals surface area contributed by atoms with Gasteiger partial charge in [0, 0.05) is 6.20 Å². The summed E-state index contributed by atoms with van der Waals surface area (Å²) in [6.07, 6.45) is 0.421. The number of anilines is 1. The Labute approximate surface area is 129 Å². The highest BCUT2D eigenvalue weighted by Crippen LogP contribution is 2.13. The highest BCUT2D eigenvalue weighted by atomic mass is 19.3. The van der Waals surface area contributed by atoms with Gasteiger partial charge in [-0.15, -0.1) is 0 Å². The molecule has 0 aromatic carbocycles. The number of fused-ring (bicyclic) bond motifs is 1. The Bertz CT molecular complexity index is 869. The molecule has 0 saturated heterocycles. The first-order chi connectivity index (χ1) is 10.9. The molecule has 3 aromatic heterocycles. The molecule has 1 amide bonds. The van der Waals surface area contributed by atoms with Crippen LogP contribution in [0.5, 0.6) is 0 Å². The third-order valence-electron chi connectivity index (χ3n) is 3.21. The largest absolute Gasteiger partial charge is 0.320 e. The van der Waals surface area contributed by atoms with Crippen molar-refractivity contribution in [3.63, 3.8) is 0 Å². The number of rotatable bonds is 4. The molecule has 0 saturated carbocycles. The normalized spacial score (nSPS) is 11.3. The van der Waals surface area contributed by atoms with Crippen LogP contribution in [0.15, 0.2) is 24.5 Å². The lowest BCUT2D eigenvalue weighted by Gasteiger charge is -2.04. The van der Waals surface area contributed by atoms with Crippen molar-refractivity contribution in [1.82, 2.24) is 24.4 Å². The van der Waals surface area contributed by atoms with Crippen molar-refractivity contribution >= 4 is 17.2 Å². The van der Waals surface area contributed by atoms with Gasteiger partial charge in [-0.25, -0.2) is 18.3 Å². The molecule has 3 heterocycles. The molecule has 0 radical (unpaired) electrons. The fraction of sp³-hybridized carbons (Fsp3) is 0.286. The maximum absolute atomic E-state index is 12.4. The van der Waals surface area contributed by atoms with Gasteiger partial charge in [0.1, 0.15) is 12.4 Å². The maximum atomic E-state index is 12.4. The molecule has 0 bridgehead atoms. The minimum absolute atomic E-state index is 0.250. The lowest BCUT2D eigenvalue weighted by molar-refractivity contribution is 0.102. The van der Waals surface area contributed by atoms with Crippen LogP contribution in [0, 0.1) is 13.8 Å². The summed E-state index contributed by atoms with van der Waals surface area (Å²) < 4.78 is 27.4. The third kappa shape index (κ3) is 3.17. The van der Waals surface area contributed by atoms with Crippen LogP contribution >= 0.6 is 0 Å². The van der Waals surface area contributed by atoms with Gasteiger partial charge in [0.2, 0.25) is 0 Å². The molecule has 3 aromatic rings. The van der Waals surface area contributed by atoms with E-state index in [2.05, 4.69) is 20.5 Å². The maximum Gasteiger partial charge on any atom is 0.259 e. The Balaban J connectivity index is 1.81. The summed E-state index contributed by atoms with van der Waals surface area (Å²) in [5.74, 6) is 0.205. The van der Waals surface area contributed by atoms with Crippen molar-refractivity contribution in [3.8, 4) is 0 Å². The van der Waals surface area contributed by atoms with E-state index >= 15 is 0 Å². The summed E-state index contributed by atoms with van der Waals surface area (Å²) in [5.41, 5.74) is 1.83. The molecule has 9 heteroatoms. The van der Waals surface area contributed by atoms with Crippen molar-refractivity contribution in [2.24, 2.45) is 0 Å². The Kier molecular flexibility index (Phi) is 3.77. The van der Waals surface area contributed by atoms with E-state index in [0.29, 0.717) is 22.9 Å². The summed E-state index contributed by atoms with van der Waals surface area (Å²) in [6, 6.07) is 3.42. The van der Waals surface area contributed by atoms with Crippen LogP contribution in [0.3, 0.4) is 0 Å². The molecule has 0 atom stereocenters. The van der Waals surface area contributed by atoms with Crippen LogP contribution in [0.1, 0.15) is 21.9 Å². The Morgan fingerprint density at radius 1 is 1.26 bits per heavy atom. The monoisotopic (exact) mass is 320 g/mol. The molecule has 1 N–H and O–H groups in total. The lowest BCUT2D eigenvalue weighted by Crippen LogP contribution is -2.13. The summed E-state index contributed by atoms with van der Waals surface area (Å²) >= 11 is 0. The molecule has 0 aliphatic carbocycles. The van der Waals surface area contributed by atoms with Gasteiger partial charge in [-0.1, -0.05) is 0 Å². The average Bonchev–Trinajstić information content (AvgIpc) is 2.99. The second kappa shape index (κ2) is 5.75. The van der Waals surface area contributed by atoms with Gasteiger partial charge >= 0.3 is 0 Å². The van der Waals surface area contributed by atoms with Crippen LogP contribution in [-0.4, -0.2) is 36.7 Å². The number of halogens is 2. The Morgan fingerprint density at radius 3 is 2.78 bits per heavy atom. The van der Waals surface area contributed by atoms with Crippen LogP contribution in [-0.2, 0) is 6.54 Å². The van der Waals surface area contributed by atoms with Crippen molar-refractivity contribution in [1.29, 1.82) is 0 Å². The number of aryl methyl sites for hydroxylation is 2. The smallest absolute Gasteiger partial charge is 0.259 e. The number of carbonyl (C=O) groups excluding carboxylic acids is 1. The zero-order valence-electron chi connectivity index (χ0n) is 12.5. The number of amides is 1. The van der Waals surface area contributed by atoms with Gasteiger partial charge in [0.05, 0.1) is 23.1 Å². The molecular weight excluding hydrogens is 306 g/mol. The number of nitrogens with zero attached hydrogens (tertiary/aromatic N) is 5. The van der Waals surface area contributed by atoms with Gasteiger partial charge in [0.15, 0.2) is 5.65 Å². The summed E-state index contributed by atoms with van der Waals surface area (Å²) in [4.78, 5) is 16.5. The SMILES string of the molecule is Cc1nc2ccc(NC(=O)c3cn(CC(F)F)nc3C)cn2n1. The molecule has 3 rings (SSSR count). The van der Waals surface area contributed by atoms with E-state index in [1.807, 2.05) is 0 Å². The van der Waals surface area contributed by atoms with Crippen LogP contribution in [0.2, 0.25) is 0 Å². The highest BCUT2D eigenvalue weighted by Gasteiger charge is 2.15. The van der Waals surface area contributed by atoms with Gasteiger partial charge in [-0.3, -0.25) is 9.48 Å².